The number of nitrogen functional groups attached to an aromatic ring is 1. The highest BCUT2D eigenvalue weighted by Crippen LogP contribution is 2.45. The third-order valence-corrected chi connectivity index (χ3v) is 6.22. The number of carbonyl (C=O) groups excluding carboxylic acids is 1. The molecule has 1 fully saturated rings. The molecular weight excluding hydrogens is 365 g/mol. The Morgan fingerprint density at radius 1 is 1.33 bits per heavy atom. The number of carbonyl (C=O) groups is 1. The monoisotopic (exact) mass is 387 g/mol. The molecule has 3 rings (SSSR count). The van der Waals surface area contributed by atoms with E-state index in [2.05, 4.69) is 4.52 Å². The van der Waals surface area contributed by atoms with Crippen LogP contribution in [0.1, 0.15) is 12.0 Å². The first-order chi connectivity index (χ1) is 12.8. The Kier molecular flexibility index (Phi) is 5.46. The summed E-state index contributed by atoms with van der Waals surface area (Å²) in [5.41, 5.74) is 8.69. The van der Waals surface area contributed by atoms with E-state index in [-0.39, 0.29) is 30.2 Å². The third-order valence-electron chi connectivity index (χ3n) is 4.67. The molecule has 1 amide bonds. The first-order valence-corrected chi connectivity index (χ1v) is 10.3. The Bertz CT molecular complexity index is 916. The molecule has 1 aliphatic rings. The van der Waals surface area contributed by atoms with Crippen LogP contribution in [-0.4, -0.2) is 36.5 Å². The van der Waals surface area contributed by atoms with E-state index in [0.717, 1.165) is 11.1 Å². The molecule has 0 aromatic heterocycles. The quantitative estimate of drug-likeness (QED) is 0.400. The highest BCUT2D eigenvalue weighted by Gasteiger charge is 2.35. The Labute approximate surface area is 157 Å². The number of hydrogen-bond acceptors (Lipinski definition) is 4. The number of nitrogens with one attached hydrogen (secondary N) is 1. The molecule has 2 atom stereocenters. The van der Waals surface area contributed by atoms with Gasteiger partial charge in [0.15, 0.2) is 0 Å². The van der Waals surface area contributed by atoms with E-state index in [0.29, 0.717) is 17.8 Å². The second-order valence-corrected chi connectivity index (χ2v) is 8.59. The number of nitrogens with zero attached hydrogens (tertiary/aromatic N) is 1. The summed E-state index contributed by atoms with van der Waals surface area (Å²) < 4.78 is 16.4. The van der Waals surface area contributed by atoms with E-state index in [1.807, 2.05) is 42.5 Å². The van der Waals surface area contributed by atoms with Gasteiger partial charge in [0.1, 0.15) is 5.84 Å². The lowest BCUT2D eigenvalue weighted by atomic mass is 9.98. The molecule has 0 radical (unpaired) electrons. The smallest absolute Gasteiger partial charge is 0.328 e. The number of amides is 1. The highest BCUT2D eigenvalue weighted by molar-refractivity contribution is 7.52. The molecule has 0 saturated carbocycles. The van der Waals surface area contributed by atoms with E-state index in [9.17, 15) is 14.3 Å². The third kappa shape index (κ3) is 4.27. The van der Waals surface area contributed by atoms with Crippen molar-refractivity contribution in [2.24, 2.45) is 11.7 Å². The van der Waals surface area contributed by atoms with Crippen molar-refractivity contribution in [2.45, 2.75) is 6.42 Å². The fourth-order valence-electron chi connectivity index (χ4n) is 3.35. The van der Waals surface area contributed by atoms with Crippen LogP contribution in [0.5, 0.6) is 0 Å². The second kappa shape index (κ2) is 7.64. The fourth-order valence-corrected chi connectivity index (χ4v) is 4.39. The van der Waals surface area contributed by atoms with Crippen LogP contribution in [0.15, 0.2) is 48.5 Å². The SMILES string of the molecule is COP(=O)(O)CC1CC(=O)N(c2ccc(-c3ccccc3)c(C(=N)N)c2)C1. The Morgan fingerprint density at radius 3 is 2.67 bits per heavy atom. The highest BCUT2D eigenvalue weighted by atomic mass is 31.2. The maximum atomic E-state index is 12.4. The zero-order chi connectivity index (χ0) is 19.6. The molecule has 2 aromatic rings. The molecule has 0 spiro atoms. The van der Waals surface area contributed by atoms with E-state index < -0.39 is 7.60 Å². The van der Waals surface area contributed by atoms with Crippen molar-refractivity contribution in [1.82, 2.24) is 0 Å². The molecule has 4 N–H and O–H groups in total. The molecule has 0 aliphatic carbocycles. The summed E-state index contributed by atoms with van der Waals surface area (Å²) in [4.78, 5) is 23.7. The van der Waals surface area contributed by atoms with Gasteiger partial charge >= 0.3 is 7.60 Å². The van der Waals surface area contributed by atoms with Crippen LogP contribution >= 0.6 is 7.60 Å². The molecule has 1 heterocycles. The summed E-state index contributed by atoms with van der Waals surface area (Å²) in [5, 5.41) is 7.91. The fraction of sp³-hybridized carbons (Fsp3) is 0.263. The largest absolute Gasteiger partial charge is 0.384 e. The molecule has 1 saturated heterocycles. The van der Waals surface area contributed by atoms with E-state index in [4.69, 9.17) is 11.1 Å². The van der Waals surface area contributed by atoms with Gasteiger partial charge in [0.2, 0.25) is 5.91 Å². The minimum Gasteiger partial charge on any atom is -0.384 e. The van der Waals surface area contributed by atoms with Gasteiger partial charge in [-0.2, -0.15) is 0 Å². The van der Waals surface area contributed by atoms with Gasteiger partial charge in [-0.05, 0) is 29.2 Å². The first kappa shape index (κ1) is 19.3. The molecule has 7 nitrogen and oxygen atoms in total. The summed E-state index contributed by atoms with van der Waals surface area (Å²) in [6.07, 6.45) is 0.122. The van der Waals surface area contributed by atoms with Crippen molar-refractivity contribution < 1.29 is 18.8 Å². The van der Waals surface area contributed by atoms with Crippen LogP contribution in [0.2, 0.25) is 0 Å². The Hall–Kier alpha value is -2.47. The second-order valence-electron chi connectivity index (χ2n) is 6.59. The van der Waals surface area contributed by atoms with Gasteiger partial charge in [-0.25, -0.2) is 0 Å². The summed E-state index contributed by atoms with van der Waals surface area (Å²) in [7, 11) is -2.48. The number of hydrogen-bond donors (Lipinski definition) is 3. The Balaban J connectivity index is 1.89. The molecule has 142 valence electrons. The van der Waals surface area contributed by atoms with Crippen molar-refractivity contribution in [2.75, 3.05) is 24.7 Å². The minimum absolute atomic E-state index is 0.0621. The molecule has 8 heteroatoms. The average Bonchev–Trinajstić information content (AvgIpc) is 3.01. The summed E-state index contributed by atoms with van der Waals surface area (Å²) >= 11 is 0. The van der Waals surface area contributed by atoms with Crippen molar-refractivity contribution in [3.63, 3.8) is 0 Å². The topological polar surface area (TPSA) is 117 Å². The van der Waals surface area contributed by atoms with Crippen molar-refractivity contribution >= 4 is 25.0 Å². The summed E-state index contributed by atoms with van der Waals surface area (Å²) in [6.45, 7) is 0.328. The zero-order valence-corrected chi connectivity index (χ0v) is 15.9. The lowest BCUT2D eigenvalue weighted by Gasteiger charge is -2.20. The zero-order valence-electron chi connectivity index (χ0n) is 15.0. The normalized spacial score (nSPS) is 19.1. The number of amidine groups is 1. The average molecular weight is 387 g/mol. The number of benzene rings is 2. The predicted molar refractivity (Wildman–Crippen MR) is 105 cm³/mol. The van der Waals surface area contributed by atoms with Gasteiger partial charge in [-0.3, -0.25) is 14.8 Å². The maximum Gasteiger partial charge on any atom is 0.328 e. The van der Waals surface area contributed by atoms with E-state index >= 15 is 0 Å². The lowest BCUT2D eigenvalue weighted by Crippen LogP contribution is -2.25. The van der Waals surface area contributed by atoms with Crippen LogP contribution in [0.25, 0.3) is 11.1 Å². The standard InChI is InChI=1S/C19H22N3O4P/c1-26-27(24,25)12-13-9-18(23)22(11-13)15-7-8-16(17(10-15)19(20)21)14-5-3-2-4-6-14/h2-8,10,13H,9,11-12H2,1H3,(H3,20,21)(H,24,25). The minimum atomic E-state index is -3.67. The van der Waals surface area contributed by atoms with Gasteiger partial charge in [0.25, 0.3) is 0 Å². The van der Waals surface area contributed by atoms with Crippen LogP contribution < -0.4 is 10.6 Å². The summed E-state index contributed by atoms with van der Waals surface area (Å²) in [5.74, 6) is -0.473. The number of anilines is 1. The van der Waals surface area contributed by atoms with Crippen molar-refractivity contribution in [3.8, 4) is 11.1 Å². The molecule has 0 bridgehead atoms. The predicted octanol–water partition coefficient (Wildman–Crippen LogP) is 2.82. The number of nitrogens with two attached hydrogens (primary N) is 1. The molecule has 1 aliphatic heterocycles. The van der Waals surface area contributed by atoms with Gasteiger partial charge in [0.05, 0.1) is 6.16 Å². The van der Waals surface area contributed by atoms with E-state index in [1.54, 1.807) is 11.0 Å². The summed E-state index contributed by atoms with van der Waals surface area (Å²) in [6, 6.07) is 15.0. The van der Waals surface area contributed by atoms with Crippen LogP contribution in [0.4, 0.5) is 5.69 Å². The molecule has 27 heavy (non-hydrogen) atoms. The van der Waals surface area contributed by atoms with Gasteiger partial charge in [0, 0.05) is 31.3 Å². The molecule has 2 aromatic carbocycles. The van der Waals surface area contributed by atoms with Crippen LogP contribution in [0.3, 0.4) is 0 Å². The van der Waals surface area contributed by atoms with Gasteiger partial charge in [-0.15, -0.1) is 0 Å². The first-order valence-electron chi connectivity index (χ1n) is 8.52. The van der Waals surface area contributed by atoms with Gasteiger partial charge < -0.3 is 20.1 Å². The number of rotatable bonds is 6. The van der Waals surface area contributed by atoms with Crippen molar-refractivity contribution in [1.29, 1.82) is 5.41 Å². The van der Waals surface area contributed by atoms with E-state index in [1.165, 1.54) is 7.11 Å². The van der Waals surface area contributed by atoms with Gasteiger partial charge in [-0.1, -0.05) is 36.4 Å². The van der Waals surface area contributed by atoms with Crippen molar-refractivity contribution in [3.05, 3.63) is 54.1 Å². The molecular formula is C19H22N3O4P. The Morgan fingerprint density at radius 2 is 2.04 bits per heavy atom. The van der Waals surface area contributed by atoms with Crippen LogP contribution in [0, 0.1) is 11.3 Å². The lowest BCUT2D eigenvalue weighted by molar-refractivity contribution is -0.117. The maximum absolute atomic E-state index is 12.4. The van der Waals surface area contributed by atoms with Crippen LogP contribution in [-0.2, 0) is 13.9 Å². The molecule has 2 unspecified atom stereocenters.